The van der Waals surface area contributed by atoms with Gasteiger partial charge in [-0.25, -0.2) is 4.79 Å². The van der Waals surface area contributed by atoms with Crippen LogP contribution in [0.4, 0.5) is 4.79 Å². The Labute approximate surface area is 244 Å². The van der Waals surface area contributed by atoms with Gasteiger partial charge in [0.2, 0.25) is 0 Å². The topological polar surface area (TPSA) is 57.6 Å². The molecule has 0 aliphatic carbocycles. The predicted octanol–water partition coefficient (Wildman–Crippen LogP) is 6.79. The van der Waals surface area contributed by atoms with Gasteiger partial charge in [-0.2, -0.15) is 0 Å². The summed E-state index contributed by atoms with van der Waals surface area (Å²) in [6.07, 6.45) is 6.40. The molecule has 216 valence electrons. The van der Waals surface area contributed by atoms with Gasteiger partial charge in [-0.3, -0.25) is 9.89 Å². The molecule has 2 fully saturated rings. The Morgan fingerprint density at radius 2 is 1.75 bits per heavy atom. The zero-order valence-electron chi connectivity index (χ0n) is 24.3. The molecule has 0 aromatic heterocycles. The van der Waals surface area contributed by atoms with Crippen LogP contribution in [0.1, 0.15) is 76.5 Å². The third kappa shape index (κ3) is 6.10. The molecule has 1 unspecified atom stereocenters. The van der Waals surface area contributed by atoms with Crippen LogP contribution in [0.2, 0.25) is 5.02 Å². The summed E-state index contributed by atoms with van der Waals surface area (Å²) in [5.74, 6) is 2.05. The van der Waals surface area contributed by atoms with Gasteiger partial charge in [0.05, 0.1) is 30.9 Å². The van der Waals surface area contributed by atoms with Crippen LogP contribution in [0.15, 0.2) is 47.5 Å². The summed E-state index contributed by atoms with van der Waals surface area (Å²) in [6, 6.07) is 14.0. The minimum Gasteiger partial charge on any atom is -0.497 e. The lowest BCUT2D eigenvalue weighted by atomic mass is 9.96. The maximum Gasteiger partial charge on any atom is 0.326 e. The fourth-order valence-electron chi connectivity index (χ4n) is 6.40. The summed E-state index contributed by atoms with van der Waals surface area (Å²) >= 11 is 6.28. The van der Waals surface area contributed by atoms with E-state index in [1.165, 1.54) is 25.9 Å². The van der Waals surface area contributed by atoms with Crippen LogP contribution >= 0.6 is 11.6 Å². The number of hydrogen-bond donors (Lipinski definition) is 0. The second kappa shape index (κ2) is 12.8. The first-order valence-corrected chi connectivity index (χ1v) is 15.3. The van der Waals surface area contributed by atoms with Crippen LogP contribution in [0, 0.1) is 0 Å². The summed E-state index contributed by atoms with van der Waals surface area (Å²) in [6.45, 7) is 10.1. The van der Waals surface area contributed by atoms with Gasteiger partial charge in [-0.1, -0.05) is 37.1 Å². The van der Waals surface area contributed by atoms with Crippen molar-refractivity contribution in [1.29, 1.82) is 0 Å². The third-order valence-electron chi connectivity index (χ3n) is 8.35. The van der Waals surface area contributed by atoms with Crippen molar-refractivity contribution >= 4 is 23.5 Å². The molecule has 0 N–H and O–H groups in total. The average molecular weight is 567 g/mol. The SMILES string of the molecule is CCCC1N=C(c2ccc(OC)cc2OC(C)C)N(C(=O)N2CCC(N3CCCC3)CC2)[C@H]1c1ccc(Cl)cc1. The minimum absolute atomic E-state index is 0.0171. The maximum atomic E-state index is 14.5. The van der Waals surface area contributed by atoms with E-state index in [0.717, 1.165) is 49.9 Å². The Bertz CT molecular complexity index is 1190. The number of halogens is 1. The van der Waals surface area contributed by atoms with E-state index in [2.05, 4.69) is 11.8 Å². The Hall–Kier alpha value is -2.77. The molecule has 2 aromatic carbocycles. The van der Waals surface area contributed by atoms with Crippen molar-refractivity contribution in [3.8, 4) is 11.5 Å². The van der Waals surface area contributed by atoms with Crippen molar-refractivity contribution in [2.24, 2.45) is 4.99 Å². The average Bonchev–Trinajstić information content (AvgIpc) is 3.62. The number of benzene rings is 2. The second-order valence-electron chi connectivity index (χ2n) is 11.4. The zero-order chi connectivity index (χ0) is 28.2. The zero-order valence-corrected chi connectivity index (χ0v) is 25.1. The fourth-order valence-corrected chi connectivity index (χ4v) is 6.53. The molecule has 3 heterocycles. The number of carbonyl (C=O) groups excluding carboxylic acids is 1. The van der Waals surface area contributed by atoms with Crippen molar-refractivity contribution in [2.45, 2.75) is 83.5 Å². The molecule has 7 nitrogen and oxygen atoms in total. The van der Waals surface area contributed by atoms with Crippen LogP contribution in [0.3, 0.4) is 0 Å². The number of hydrogen-bond acceptors (Lipinski definition) is 5. The number of carbonyl (C=O) groups is 1. The van der Waals surface area contributed by atoms with Gasteiger partial charge in [0.15, 0.2) is 0 Å². The summed E-state index contributed by atoms with van der Waals surface area (Å²) in [5.41, 5.74) is 1.86. The van der Waals surface area contributed by atoms with Gasteiger partial charge in [0.25, 0.3) is 0 Å². The lowest BCUT2D eigenvalue weighted by Crippen LogP contribution is -2.52. The molecule has 3 aliphatic heterocycles. The highest BCUT2D eigenvalue weighted by Crippen LogP contribution is 2.40. The number of amides is 2. The number of rotatable bonds is 8. The molecular weight excluding hydrogens is 524 g/mol. The van der Waals surface area contributed by atoms with Gasteiger partial charge in [-0.05, 0) is 88.9 Å². The molecule has 5 rings (SSSR count). The van der Waals surface area contributed by atoms with E-state index in [0.29, 0.717) is 28.4 Å². The van der Waals surface area contributed by atoms with Crippen LogP contribution in [-0.2, 0) is 0 Å². The first kappa shape index (κ1) is 28.7. The number of urea groups is 1. The molecule has 40 heavy (non-hydrogen) atoms. The van der Waals surface area contributed by atoms with E-state index in [1.54, 1.807) is 7.11 Å². The standard InChI is InChI=1S/C32H43ClN4O3/c1-5-8-28-30(23-9-11-24(33)12-10-23)37(32(38)36-19-15-25(16-20-36)35-17-6-7-18-35)31(34-28)27-14-13-26(39-4)21-29(27)40-22(2)3/h9-14,21-22,25,28,30H,5-8,15-20H2,1-4H3/t28?,30-/m0/s1. The van der Waals surface area contributed by atoms with E-state index in [4.69, 9.17) is 26.1 Å². The first-order valence-electron chi connectivity index (χ1n) is 14.9. The van der Waals surface area contributed by atoms with Crippen LogP contribution in [-0.4, -0.2) is 78.0 Å². The molecule has 2 aromatic rings. The number of methoxy groups -OCH3 is 1. The van der Waals surface area contributed by atoms with Gasteiger partial charge in [0, 0.05) is 30.2 Å². The second-order valence-corrected chi connectivity index (χ2v) is 11.9. The molecule has 2 saturated heterocycles. The summed E-state index contributed by atoms with van der Waals surface area (Å²) in [7, 11) is 1.65. The molecule has 0 saturated carbocycles. The van der Waals surface area contributed by atoms with E-state index in [-0.39, 0.29) is 24.2 Å². The first-order chi connectivity index (χ1) is 19.4. The Kier molecular flexibility index (Phi) is 9.21. The van der Waals surface area contributed by atoms with E-state index in [9.17, 15) is 4.79 Å². The van der Waals surface area contributed by atoms with Crippen LogP contribution in [0.5, 0.6) is 11.5 Å². The lowest BCUT2D eigenvalue weighted by molar-refractivity contribution is 0.117. The summed E-state index contributed by atoms with van der Waals surface area (Å²) < 4.78 is 11.8. The van der Waals surface area contributed by atoms with Crippen molar-refractivity contribution in [3.63, 3.8) is 0 Å². The Morgan fingerprint density at radius 1 is 1.05 bits per heavy atom. The maximum absolute atomic E-state index is 14.5. The van der Waals surface area contributed by atoms with Gasteiger partial charge in [-0.15, -0.1) is 0 Å². The molecule has 2 amide bonds. The molecule has 0 bridgehead atoms. The summed E-state index contributed by atoms with van der Waals surface area (Å²) in [5, 5.41) is 0.680. The minimum atomic E-state index is -0.218. The number of piperidine rings is 1. The molecule has 3 aliphatic rings. The normalized spacial score (nSPS) is 22.2. The summed E-state index contributed by atoms with van der Waals surface area (Å²) in [4.78, 5) is 26.4. The highest BCUT2D eigenvalue weighted by atomic mass is 35.5. The number of aliphatic imine (C=N–C) groups is 1. The molecule has 0 spiro atoms. The van der Waals surface area contributed by atoms with Gasteiger partial charge in [0.1, 0.15) is 17.3 Å². The van der Waals surface area contributed by atoms with Crippen molar-refractivity contribution in [1.82, 2.24) is 14.7 Å². The highest BCUT2D eigenvalue weighted by molar-refractivity contribution is 6.30. The Morgan fingerprint density at radius 3 is 2.38 bits per heavy atom. The van der Waals surface area contributed by atoms with Crippen molar-refractivity contribution < 1.29 is 14.3 Å². The van der Waals surface area contributed by atoms with Crippen LogP contribution in [0.25, 0.3) is 0 Å². The fraction of sp³-hybridized carbons (Fsp3) is 0.562. The largest absolute Gasteiger partial charge is 0.497 e. The predicted molar refractivity (Wildman–Crippen MR) is 161 cm³/mol. The van der Waals surface area contributed by atoms with E-state index in [1.807, 2.05) is 66.1 Å². The molecule has 2 atom stereocenters. The van der Waals surface area contributed by atoms with Gasteiger partial charge >= 0.3 is 6.03 Å². The number of nitrogens with zero attached hydrogens (tertiary/aromatic N) is 4. The Balaban J connectivity index is 1.52. The number of likely N-dealkylation sites (tertiary alicyclic amines) is 2. The van der Waals surface area contributed by atoms with E-state index < -0.39 is 0 Å². The van der Waals surface area contributed by atoms with E-state index >= 15 is 0 Å². The van der Waals surface area contributed by atoms with Crippen molar-refractivity contribution in [3.05, 3.63) is 58.6 Å². The van der Waals surface area contributed by atoms with Gasteiger partial charge < -0.3 is 19.3 Å². The third-order valence-corrected chi connectivity index (χ3v) is 8.60. The molecular formula is C32H43ClN4O3. The molecule has 8 heteroatoms. The quantitative estimate of drug-likeness (QED) is 0.353. The number of amidine groups is 1. The smallest absolute Gasteiger partial charge is 0.326 e. The number of ether oxygens (including phenoxy) is 2. The van der Waals surface area contributed by atoms with Crippen LogP contribution < -0.4 is 9.47 Å². The van der Waals surface area contributed by atoms with Crippen molar-refractivity contribution in [2.75, 3.05) is 33.3 Å². The highest BCUT2D eigenvalue weighted by Gasteiger charge is 2.44. The monoisotopic (exact) mass is 566 g/mol. The molecule has 0 radical (unpaired) electrons. The lowest BCUT2D eigenvalue weighted by Gasteiger charge is -2.40.